The first-order chi connectivity index (χ1) is 9.81. The number of aliphatic imine (C=N–C) groups is 1. The molecule has 0 aliphatic rings. The summed E-state index contributed by atoms with van der Waals surface area (Å²) in [6.45, 7) is 0. The predicted octanol–water partition coefficient (Wildman–Crippen LogP) is 4.14. The van der Waals surface area contributed by atoms with Gasteiger partial charge in [-0.05, 0) is 46.3 Å². The normalized spacial score (nSPS) is 11.7. The van der Waals surface area contributed by atoms with Crippen molar-refractivity contribution in [2.24, 2.45) is 10.7 Å². The molecule has 0 aliphatic carbocycles. The van der Waals surface area contributed by atoms with E-state index in [2.05, 4.69) is 21.8 Å². The Morgan fingerprint density at radius 2 is 1.90 bits per heavy atom. The molecule has 3 nitrogen and oxygen atoms in total. The lowest BCUT2D eigenvalue weighted by molar-refractivity contribution is 1.36. The van der Waals surface area contributed by atoms with Crippen LogP contribution in [0.25, 0.3) is 10.8 Å². The Kier molecular flexibility index (Phi) is 3.90. The van der Waals surface area contributed by atoms with E-state index in [1.807, 2.05) is 47.8 Å². The standard InChI is InChI=1S/C15H13N3S2/c16-15(18-20-14-6-3-9-19-14)17-13-8-7-11-4-1-2-5-12(11)10-13/h1-10H,(H3,16,17,18). The molecule has 0 saturated carbocycles. The number of guanidine groups is 1. The fourth-order valence-electron chi connectivity index (χ4n) is 1.83. The van der Waals surface area contributed by atoms with Crippen LogP contribution in [0.3, 0.4) is 0 Å². The van der Waals surface area contributed by atoms with E-state index >= 15 is 0 Å². The summed E-state index contributed by atoms with van der Waals surface area (Å²) in [5.41, 5.74) is 6.74. The van der Waals surface area contributed by atoms with E-state index < -0.39 is 0 Å². The molecule has 0 atom stereocenters. The minimum absolute atomic E-state index is 0.402. The van der Waals surface area contributed by atoms with Crippen molar-refractivity contribution in [1.82, 2.24) is 4.72 Å². The number of benzene rings is 2. The third-order valence-corrected chi connectivity index (χ3v) is 4.58. The molecule has 1 aromatic heterocycles. The van der Waals surface area contributed by atoms with Crippen LogP contribution in [0.5, 0.6) is 0 Å². The highest BCUT2D eigenvalue weighted by Crippen LogP contribution is 2.22. The maximum atomic E-state index is 5.89. The van der Waals surface area contributed by atoms with Gasteiger partial charge in [0, 0.05) is 0 Å². The Hall–Kier alpha value is -1.98. The Balaban J connectivity index is 1.75. The maximum Gasteiger partial charge on any atom is 0.204 e. The van der Waals surface area contributed by atoms with Gasteiger partial charge in [0.05, 0.1) is 9.90 Å². The lowest BCUT2D eigenvalue weighted by Crippen LogP contribution is -2.25. The van der Waals surface area contributed by atoms with Crippen molar-refractivity contribution in [2.45, 2.75) is 4.21 Å². The molecule has 0 saturated heterocycles. The molecule has 3 rings (SSSR count). The van der Waals surface area contributed by atoms with Crippen LogP contribution in [0, 0.1) is 0 Å². The van der Waals surface area contributed by atoms with Gasteiger partial charge in [0.2, 0.25) is 5.96 Å². The first-order valence-corrected chi connectivity index (χ1v) is 7.80. The van der Waals surface area contributed by atoms with E-state index in [1.54, 1.807) is 11.3 Å². The molecule has 2 aromatic carbocycles. The zero-order valence-electron chi connectivity index (χ0n) is 10.6. The molecule has 100 valence electrons. The van der Waals surface area contributed by atoms with E-state index in [1.165, 1.54) is 17.3 Å². The van der Waals surface area contributed by atoms with Crippen molar-refractivity contribution in [2.75, 3.05) is 0 Å². The van der Waals surface area contributed by atoms with E-state index in [4.69, 9.17) is 5.73 Å². The molecule has 5 heteroatoms. The number of hydrogen-bond donors (Lipinski definition) is 2. The average molecular weight is 299 g/mol. The van der Waals surface area contributed by atoms with Gasteiger partial charge >= 0.3 is 0 Å². The van der Waals surface area contributed by atoms with Gasteiger partial charge in [-0.15, -0.1) is 11.3 Å². The Morgan fingerprint density at radius 3 is 2.70 bits per heavy atom. The van der Waals surface area contributed by atoms with E-state index in [9.17, 15) is 0 Å². The van der Waals surface area contributed by atoms with Crippen LogP contribution in [0.4, 0.5) is 5.69 Å². The Morgan fingerprint density at radius 1 is 1.05 bits per heavy atom. The number of fused-ring (bicyclic) bond motifs is 1. The average Bonchev–Trinajstić information content (AvgIpc) is 2.98. The number of hydrogen-bond acceptors (Lipinski definition) is 3. The summed E-state index contributed by atoms with van der Waals surface area (Å²) in [6.07, 6.45) is 0. The first-order valence-electron chi connectivity index (χ1n) is 6.10. The highest BCUT2D eigenvalue weighted by atomic mass is 32.2. The fraction of sp³-hybridized carbons (Fsp3) is 0. The zero-order valence-corrected chi connectivity index (χ0v) is 12.2. The van der Waals surface area contributed by atoms with Crippen LogP contribution < -0.4 is 10.5 Å². The van der Waals surface area contributed by atoms with Crippen LogP contribution in [-0.4, -0.2) is 5.96 Å². The van der Waals surface area contributed by atoms with E-state index in [0.717, 1.165) is 15.3 Å². The third-order valence-electron chi connectivity index (χ3n) is 2.73. The summed E-state index contributed by atoms with van der Waals surface area (Å²) in [6, 6.07) is 18.3. The number of thiophene rings is 1. The second-order valence-electron chi connectivity index (χ2n) is 4.16. The molecular formula is C15H13N3S2. The summed E-state index contributed by atoms with van der Waals surface area (Å²) in [7, 11) is 0. The van der Waals surface area contributed by atoms with Gasteiger partial charge in [-0.25, -0.2) is 4.99 Å². The Labute approximate surface area is 125 Å². The monoisotopic (exact) mass is 299 g/mol. The molecule has 0 radical (unpaired) electrons. The SMILES string of the molecule is NC(=Nc1ccc2ccccc2c1)NSc1cccs1. The summed E-state index contributed by atoms with van der Waals surface area (Å²) >= 11 is 3.13. The van der Waals surface area contributed by atoms with Gasteiger partial charge in [0.25, 0.3) is 0 Å². The minimum atomic E-state index is 0.402. The van der Waals surface area contributed by atoms with Gasteiger partial charge < -0.3 is 5.73 Å². The van der Waals surface area contributed by atoms with Gasteiger partial charge in [-0.1, -0.05) is 36.4 Å². The number of nitrogens with one attached hydrogen (secondary N) is 1. The van der Waals surface area contributed by atoms with Crippen LogP contribution in [-0.2, 0) is 0 Å². The zero-order chi connectivity index (χ0) is 13.8. The summed E-state index contributed by atoms with van der Waals surface area (Å²) in [5, 5.41) is 4.39. The fourth-order valence-corrected chi connectivity index (χ4v) is 3.16. The molecule has 0 unspecified atom stereocenters. The second kappa shape index (κ2) is 5.98. The van der Waals surface area contributed by atoms with Gasteiger partial charge in [0.1, 0.15) is 0 Å². The molecule has 0 spiro atoms. The van der Waals surface area contributed by atoms with Gasteiger partial charge in [0.15, 0.2) is 0 Å². The molecule has 3 aromatic rings. The smallest absolute Gasteiger partial charge is 0.204 e. The summed E-state index contributed by atoms with van der Waals surface area (Å²) < 4.78 is 4.19. The highest BCUT2D eigenvalue weighted by molar-refractivity contribution is 7.99. The van der Waals surface area contributed by atoms with E-state index in [0.29, 0.717) is 5.96 Å². The molecular weight excluding hydrogens is 286 g/mol. The molecule has 20 heavy (non-hydrogen) atoms. The molecule has 0 fully saturated rings. The first kappa shape index (κ1) is 13.0. The quantitative estimate of drug-likeness (QED) is 0.434. The molecule has 0 aliphatic heterocycles. The lowest BCUT2D eigenvalue weighted by atomic mass is 10.1. The van der Waals surface area contributed by atoms with Crippen molar-refractivity contribution in [3.8, 4) is 0 Å². The lowest BCUT2D eigenvalue weighted by Gasteiger charge is -2.03. The van der Waals surface area contributed by atoms with Gasteiger partial charge in [-0.3, -0.25) is 4.72 Å². The molecule has 0 bridgehead atoms. The summed E-state index contributed by atoms with van der Waals surface area (Å²) in [5.74, 6) is 0.402. The van der Waals surface area contributed by atoms with Crippen LogP contribution in [0.15, 0.2) is 69.2 Å². The largest absolute Gasteiger partial charge is 0.369 e. The van der Waals surface area contributed by atoms with Crippen LogP contribution in [0.1, 0.15) is 0 Å². The van der Waals surface area contributed by atoms with Gasteiger partial charge in [-0.2, -0.15) is 0 Å². The van der Waals surface area contributed by atoms with E-state index in [-0.39, 0.29) is 0 Å². The number of rotatable bonds is 3. The van der Waals surface area contributed by atoms with Crippen molar-refractivity contribution in [3.05, 3.63) is 60.0 Å². The number of nitrogens with zero attached hydrogens (tertiary/aromatic N) is 1. The number of nitrogens with two attached hydrogens (primary N) is 1. The Bertz CT molecular complexity index is 736. The van der Waals surface area contributed by atoms with Crippen molar-refractivity contribution >= 4 is 45.7 Å². The minimum Gasteiger partial charge on any atom is -0.369 e. The third kappa shape index (κ3) is 3.12. The van der Waals surface area contributed by atoms with Crippen molar-refractivity contribution < 1.29 is 0 Å². The summed E-state index contributed by atoms with van der Waals surface area (Å²) in [4.78, 5) is 4.38. The predicted molar refractivity (Wildman–Crippen MR) is 88.5 cm³/mol. The molecule has 1 heterocycles. The van der Waals surface area contributed by atoms with Crippen molar-refractivity contribution in [3.63, 3.8) is 0 Å². The van der Waals surface area contributed by atoms with Crippen LogP contribution in [0.2, 0.25) is 0 Å². The van der Waals surface area contributed by atoms with Crippen molar-refractivity contribution in [1.29, 1.82) is 0 Å². The van der Waals surface area contributed by atoms with Crippen LogP contribution >= 0.6 is 23.3 Å². The molecule has 0 amide bonds. The highest BCUT2D eigenvalue weighted by Gasteiger charge is 1.98. The molecule has 3 N–H and O–H groups in total. The maximum absolute atomic E-state index is 5.89. The second-order valence-corrected chi connectivity index (χ2v) is 6.22. The topological polar surface area (TPSA) is 50.4 Å².